The van der Waals surface area contributed by atoms with E-state index < -0.39 is 0 Å². The molecule has 0 radical (unpaired) electrons. The number of fused-ring (bicyclic) bond motifs is 1. The summed E-state index contributed by atoms with van der Waals surface area (Å²) in [5.74, 6) is 1.29. The number of nitrogens with zero attached hydrogens (tertiary/aromatic N) is 5. The quantitative estimate of drug-likeness (QED) is 0.672. The zero-order valence-electron chi connectivity index (χ0n) is 16.8. The monoisotopic (exact) mass is 395 g/mol. The second-order valence-electron chi connectivity index (χ2n) is 8.23. The fourth-order valence-corrected chi connectivity index (χ4v) is 5.49. The standard InChI is InChI=1S/C22H29N5S/c1-17-8-13-28-20(17)16-25-12-11-24(2)19(15-25)18-14-27-21(23-18)6-5-7-22(27)26-9-3-4-10-26/h5-8,13-14,19H,3-4,9-12,15-16H2,1-2H3. The third kappa shape index (κ3) is 3.34. The molecule has 3 aromatic rings. The van der Waals surface area contributed by atoms with Crippen molar-refractivity contribution in [3.05, 3.63) is 52.0 Å². The maximum Gasteiger partial charge on any atom is 0.138 e. The second kappa shape index (κ2) is 7.50. The first-order valence-electron chi connectivity index (χ1n) is 10.4. The molecule has 0 amide bonds. The fraction of sp³-hybridized carbons (Fsp3) is 0.500. The molecule has 0 aromatic carbocycles. The van der Waals surface area contributed by atoms with Crippen LogP contribution in [0.25, 0.3) is 5.65 Å². The van der Waals surface area contributed by atoms with Gasteiger partial charge in [0.2, 0.25) is 0 Å². The molecule has 5 heterocycles. The van der Waals surface area contributed by atoms with E-state index in [1.807, 2.05) is 11.3 Å². The molecule has 3 aromatic heterocycles. The number of likely N-dealkylation sites (N-methyl/N-ethyl adjacent to an activating group) is 1. The molecule has 0 bridgehead atoms. The third-order valence-corrected chi connectivity index (χ3v) is 7.34. The number of aromatic nitrogens is 2. The summed E-state index contributed by atoms with van der Waals surface area (Å²) < 4.78 is 2.30. The summed E-state index contributed by atoms with van der Waals surface area (Å²) in [6, 6.07) is 9.10. The van der Waals surface area contributed by atoms with Crippen LogP contribution in [0.5, 0.6) is 0 Å². The van der Waals surface area contributed by atoms with E-state index in [1.54, 1.807) is 0 Å². The Labute approximate surface area is 171 Å². The maximum atomic E-state index is 5.04. The van der Waals surface area contributed by atoms with Crippen LogP contribution in [0.2, 0.25) is 0 Å². The van der Waals surface area contributed by atoms with Gasteiger partial charge in [0.25, 0.3) is 0 Å². The van der Waals surface area contributed by atoms with Crippen molar-refractivity contribution in [2.24, 2.45) is 0 Å². The van der Waals surface area contributed by atoms with Crippen LogP contribution in [0.4, 0.5) is 5.82 Å². The van der Waals surface area contributed by atoms with Crippen molar-refractivity contribution in [2.45, 2.75) is 32.4 Å². The second-order valence-corrected chi connectivity index (χ2v) is 9.23. The van der Waals surface area contributed by atoms with Gasteiger partial charge in [-0.2, -0.15) is 0 Å². The first kappa shape index (κ1) is 18.2. The van der Waals surface area contributed by atoms with Gasteiger partial charge in [-0.25, -0.2) is 4.98 Å². The highest BCUT2D eigenvalue weighted by Crippen LogP contribution is 2.29. The number of pyridine rings is 1. The molecule has 1 unspecified atom stereocenters. The lowest BCUT2D eigenvalue weighted by molar-refractivity contribution is 0.0891. The van der Waals surface area contributed by atoms with Crippen molar-refractivity contribution < 1.29 is 0 Å². The number of piperazine rings is 1. The highest BCUT2D eigenvalue weighted by molar-refractivity contribution is 7.10. The molecule has 0 spiro atoms. The lowest BCUT2D eigenvalue weighted by atomic mass is 10.1. The van der Waals surface area contributed by atoms with Crippen molar-refractivity contribution >= 4 is 22.8 Å². The van der Waals surface area contributed by atoms with Crippen LogP contribution in [0, 0.1) is 6.92 Å². The molecule has 148 valence electrons. The Bertz CT molecular complexity index is 955. The van der Waals surface area contributed by atoms with Gasteiger partial charge in [-0.3, -0.25) is 14.2 Å². The fourth-order valence-electron chi connectivity index (χ4n) is 4.54. The summed E-state index contributed by atoms with van der Waals surface area (Å²) in [6.45, 7) is 8.84. The minimum atomic E-state index is 0.348. The number of aryl methyl sites for hydroxylation is 1. The van der Waals surface area contributed by atoms with Gasteiger partial charge in [0.05, 0.1) is 11.7 Å². The normalized spacial score (nSPS) is 21.8. The minimum Gasteiger partial charge on any atom is -0.358 e. The molecule has 6 heteroatoms. The van der Waals surface area contributed by atoms with E-state index in [0.29, 0.717) is 6.04 Å². The zero-order valence-corrected chi connectivity index (χ0v) is 17.7. The van der Waals surface area contributed by atoms with E-state index in [4.69, 9.17) is 4.98 Å². The van der Waals surface area contributed by atoms with Gasteiger partial charge < -0.3 is 4.90 Å². The van der Waals surface area contributed by atoms with E-state index in [2.05, 4.69) is 68.9 Å². The summed E-state index contributed by atoms with van der Waals surface area (Å²) in [6.07, 6.45) is 4.87. The van der Waals surface area contributed by atoms with Crippen LogP contribution >= 0.6 is 11.3 Å². The molecule has 28 heavy (non-hydrogen) atoms. The Hall–Kier alpha value is -1.89. The van der Waals surface area contributed by atoms with Crippen molar-refractivity contribution in [3.63, 3.8) is 0 Å². The van der Waals surface area contributed by atoms with Crippen LogP contribution in [-0.2, 0) is 6.54 Å². The Kier molecular flexibility index (Phi) is 4.87. The Morgan fingerprint density at radius 1 is 1.11 bits per heavy atom. The number of anilines is 1. The summed E-state index contributed by atoms with van der Waals surface area (Å²) in [5, 5.41) is 2.21. The van der Waals surface area contributed by atoms with Crippen molar-refractivity contribution in [3.8, 4) is 0 Å². The maximum absolute atomic E-state index is 5.04. The van der Waals surface area contributed by atoms with Crippen molar-refractivity contribution in [1.82, 2.24) is 19.2 Å². The molecule has 2 aliphatic rings. The predicted molar refractivity (Wildman–Crippen MR) is 116 cm³/mol. The number of imidazole rings is 1. The molecule has 5 rings (SSSR count). The number of rotatable bonds is 4. The average molecular weight is 396 g/mol. The van der Waals surface area contributed by atoms with Crippen LogP contribution < -0.4 is 4.90 Å². The molecule has 2 aliphatic heterocycles. The minimum absolute atomic E-state index is 0.348. The Balaban J connectivity index is 1.41. The topological polar surface area (TPSA) is 27.0 Å². The third-order valence-electron chi connectivity index (χ3n) is 6.33. The van der Waals surface area contributed by atoms with Crippen LogP contribution in [0.1, 0.15) is 35.0 Å². The van der Waals surface area contributed by atoms with Gasteiger partial charge in [-0.1, -0.05) is 6.07 Å². The van der Waals surface area contributed by atoms with E-state index in [0.717, 1.165) is 44.9 Å². The van der Waals surface area contributed by atoms with E-state index in [-0.39, 0.29) is 0 Å². The summed E-state index contributed by atoms with van der Waals surface area (Å²) >= 11 is 1.88. The van der Waals surface area contributed by atoms with Gasteiger partial charge in [-0.05, 0) is 56.0 Å². The number of hydrogen-bond donors (Lipinski definition) is 0. The van der Waals surface area contributed by atoms with Crippen molar-refractivity contribution in [2.75, 3.05) is 44.7 Å². The highest BCUT2D eigenvalue weighted by atomic mass is 32.1. The van der Waals surface area contributed by atoms with Crippen molar-refractivity contribution in [1.29, 1.82) is 0 Å². The molecule has 0 aliphatic carbocycles. The zero-order chi connectivity index (χ0) is 19.1. The lowest BCUT2D eigenvalue weighted by Gasteiger charge is -2.38. The smallest absolute Gasteiger partial charge is 0.138 e. The van der Waals surface area contributed by atoms with Gasteiger partial charge in [0.15, 0.2) is 0 Å². The summed E-state index contributed by atoms with van der Waals surface area (Å²) in [4.78, 5) is 14.1. The van der Waals surface area contributed by atoms with E-state index in [9.17, 15) is 0 Å². The van der Waals surface area contributed by atoms with Gasteiger partial charge >= 0.3 is 0 Å². The van der Waals surface area contributed by atoms with E-state index >= 15 is 0 Å². The van der Waals surface area contributed by atoms with Crippen LogP contribution in [0.15, 0.2) is 35.8 Å². The molecule has 2 saturated heterocycles. The van der Waals surface area contributed by atoms with Crippen LogP contribution in [-0.4, -0.2) is 59.0 Å². The number of hydrogen-bond acceptors (Lipinski definition) is 5. The Morgan fingerprint density at radius 3 is 2.75 bits per heavy atom. The molecule has 0 N–H and O–H groups in total. The first-order chi connectivity index (χ1) is 13.7. The predicted octanol–water partition coefficient (Wildman–Crippen LogP) is 3.79. The molecule has 0 saturated carbocycles. The van der Waals surface area contributed by atoms with Gasteiger partial charge in [0, 0.05) is 50.3 Å². The summed E-state index contributed by atoms with van der Waals surface area (Å²) in [5.41, 5.74) is 3.68. The molecule has 1 atom stereocenters. The largest absolute Gasteiger partial charge is 0.358 e. The SMILES string of the molecule is Cc1ccsc1CN1CCN(C)C(c2cn3c(N4CCCC4)cccc3n2)C1. The number of thiophene rings is 1. The first-order valence-corrected chi connectivity index (χ1v) is 11.3. The molecular formula is C22H29N5S. The molecule has 2 fully saturated rings. The van der Waals surface area contributed by atoms with Gasteiger partial charge in [-0.15, -0.1) is 11.3 Å². The van der Waals surface area contributed by atoms with E-state index in [1.165, 1.54) is 34.8 Å². The lowest BCUT2D eigenvalue weighted by Crippen LogP contribution is -2.46. The van der Waals surface area contributed by atoms with Gasteiger partial charge in [0.1, 0.15) is 11.5 Å². The summed E-state index contributed by atoms with van der Waals surface area (Å²) in [7, 11) is 2.24. The molecule has 5 nitrogen and oxygen atoms in total. The average Bonchev–Trinajstić information content (AvgIpc) is 3.44. The van der Waals surface area contributed by atoms with Crippen LogP contribution in [0.3, 0.4) is 0 Å². The Morgan fingerprint density at radius 2 is 1.96 bits per heavy atom. The highest BCUT2D eigenvalue weighted by Gasteiger charge is 2.28. The molecular weight excluding hydrogens is 366 g/mol.